The molecule has 1 aliphatic heterocycles. The van der Waals surface area contributed by atoms with Crippen molar-refractivity contribution in [3.63, 3.8) is 0 Å². The van der Waals surface area contributed by atoms with Gasteiger partial charge in [-0.05, 0) is 31.9 Å². The van der Waals surface area contributed by atoms with Gasteiger partial charge in [-0.25, -0.2) is 8.78 Å². The second kappa shape index (κ2) is 5.25. The zero-order valence-corrected chi connectivity index (χ0v) is 10.8. The third-order valence-corrected chi connectivity index (χ3v) is 4.00. The largest absolute Gasteiger partial charge is 0.480 e. The Balaban J connectivity index is 2.27. The molecule has 0 amide bonds. The monoisotopic (exact) mass is 269 g/mol. The van der Waals surface area contributed by atoms with Crippen LogP contribution in [0.5, 0.6) is 0 Å². The molecule has 1 heterocycles. The summed E-state index contributed by atoms with van der Waals surface area (Å²) in [6, 6.07) is 4.00. The van der Waals surface area contributed by atoms with Gasteiger partial charge in [0.25, 0.3) is 0 Å². The minimum absolute atomic E-state index is 0.129. The summed E-state index contributed by atoms with van der Waals surface area (Å²) in [6.07, 6.45) is 1.77. The van der Waals surface area contributed by atoms with Crippen molar-refractivity contribution in [2.24, 2.45) is 0 Å². The summed E-state index contributed by atoms with van der Waals surface area (Å²) in [6.45, 7) is 2.54. The molecule has 1 unspecified atom stereocenters. The summed E-state index contributed by atoms with van der Waals surface area (Å²) >= 11 is 0. The molecule has 0 radical (unpaired) electrons. The first kappa shape index (κ1) is 13.9. The Morgan fingerprint density at radius 2 is 2.21 bits per heavy atom. The Bertz CT molecular complexity index is 492. The van der Waals surface area contributed by atoms with Crippen molar-refractivity contribution in [2.45, 2.75) is 38.3 Å². The Labute approximate surface area is 110 Å². The van der Waals surface area contributed by atoms with Crippen LogP contribution in [0.3, 0.4) is 0 Å². The van der Waals surface area contributed by atoms with Crippen molar-refractivity contribution < 1.29 is 18.7 Å². The van der Waals surface area contributed by atoms with Crippen LogP contribution in [0.15, 0.2) is 18.2 Å². The van der Waals surface area contributed by atoms with Gasteiger partial charge in [-0.15, -0.1) is 0 Å². The van der Waals surface area contributed by atoms with Crippen molar-refractivity contribution in [3.05, 3.63) is 35.4 Å². The smallest absolute Gasteiger partial charge is 0.324 e. The van der Waals surface area contributed by atoms with E-state index >= 15 is 0 Å². The normalized spacial score (nSPS) is 23.7. The number of rotatable bonds is 4. The Morgan fingerprint density at radius 3 is 2.84 bits per heavy atom. The van der Waals surface area contributed by atoms with E-state index in [1.807, 2.05) is 6.92 Å². The topological polar surface area (TPSA) is 40.5 Å². The average Bonchev–Trinajstić information content (AvgIpc) is 2.79. The quantitative estimate of drug-likeness (QED) is 0.913. The maximum atomic E-state index is 13.7. The van der Waals surface area contributed by atoms with E-state index in [0.717, 1.165) is 12.5 Å². The molecule has 1 atom stereocenters. The maximum Gasteiger partial charge on any atom is 0.324 e. The van der Waals surface area contributed by atoms with Crippen LogP contribution in [-0.2, 0) is 11.3 Å². The number of carbonyl (C=O) groups is 1. The van der Waals surface area contributed by atoms with Crippen LogP contribution in [0.4, 0.5) is 8.78 Å². The SMILES string of the molecule is CCC1(C(=O)O)CCCN1Cc1cccc(F)c1F. The molecule has 0 aromatic heterocycles. The Hall–Kier alpha value is -1.49. The molecule has 1 saturated heterocycles. The van der Waals surface area contributed by atoms with Crippen molar-refractivity contribution in [2.75, 3.05) is 6.54 Å². The third-order valence-electron chi connectivity index (χ3n) is 4.00. The molecule has 1 N–H and O–H groups in total. The fourth-order valence-electron chi connectivity index (χ4n) is 2.83. The van der Waals surface area contributed by atoms with Crippen molar-refractivity contribution >= 4 is 5.97 Å². The van der Waals surface area contributed by atoms with E-state index < -0.39 is 23.1 Å². The number of halogens is 2. The van der Waals surface area contributed by atoms with Crippen LogP contribution in [0.25, 0.3) is 0 Å². The lowest BCUT2D eigenvalue weighted by Crippen LogP contribution is -2.49. The molecule has 19 heavy (non-hydrogen) atoms. The van der Waals surface area contributed by atoms with Crippen LogP contribution >= 0.6 is 0 Å². The minimum Gasteiger partial charge on any atom is -0.480 e. The summed E-state index contributed by atoms with van der Waals surface area (Å²) in [7, 11) is 0. The van der Waals surface area contributed by atoms with E-state index in [2.05, 4.69) is 0 Å². The molecule has 1 aromatic rings. The van der Waals surface area contributed by atoms with Gasteiger partial charge in [0.05, 0.1) is 0 Å². The van der Waals surface area contributed by atoms with Crippen molar-refractivity contribution in [3.8, 4) is 0 Å². The number of carboxylic acids is 1. The van der Waals surface area contributed by atoms with Crippen LogP contribution in [0.2, 0.25) is 0 Å². The highest BCUT2D eigenvalue weighted by atomic mass is 19.2. The average molecular weight is 269 g/mol. The molecular formula is C14H17F2NO2. The molecule has 1 aliphatic rings. The van der Waals surface area contributed by atoms with Gasteiger partial charge in [0.1, 0.15) is 5.54 Å². The third kappa shape index (κ3) is 2.34. The number of likely N-dealkylation sites (tertiary alicyclic amines) is 1. The molecule has 1 aromatic carbocycles. The van der Waals surface area contributed by atoms with Gasteiger partial charge < -0.3 is 5.11 Å². The molecule has 5 heteroatoms. The molecule has 0 spiro atoms. The van der Waals surface area contributed by atoms with E-state index in [1.165, 1.54) is 12.1 Å². The molecule has 1 fully saturated rings. The van der Waals surface area contributed by atoms with Crippen molar-refractivity contribution in [1.29, 1.82) is 0 Å². The van der Waals surface area contributed by atoms with E-state index in [1.54, 1.807) is 4.90 Å². The number of aliphatic carboxylic acids is 1. The highest BCUT2D eigenvalue weighted by Crippen LogP contribution is 2.34. The van der Waals surface area contributed by atoms with Crippen molar-refractivity contribution in [1.82, 2.24) is 4.90 Å². The Morgan fingerprint density at radius 1 is 1.47 bits per heavy atom. The summed E-state index contributed by atoms with van der Waals surface area (Å²) in [5.74, 6) is -2.66. The van der Waals surface area contributed by atoms with Gasteiger partial charge in [-0.2, -0.15) is 0 Å². The molecule has 0 aliphatic carbocycles. The van der Waals surface area contributed by atoms with Gasteiger partial charge in [0, 0.05) is 12.1 Å². The zero-order chi connectivity index (χ0) is 14.0. The summed E-state index contributed by atoms with van der Waals surface area (Å²) in [4.78, 5) is 13.2. The fourth-order valence-corrected chi connectivity index (χ4v) is 2.83. The zero-order valence-electron chi connectivity index (χ0n) is 10.8. The van der Waals surface area contributed by atoms with Gasteiger partial charge >= 0.3 is 5.97 Å². The predicted molar refractivity (Wildman–Crippen MR) is 66.7 cm³/mol. The van der Waals surface area contributed by atoms with E-state index in [4.69, 9.17) is 0 Å². The first-order valence-corrected chi connectivity index (χ1v) is 6.42. The predicted octanol–water partition coefficient (Wildman–Crippen LogP) is 2.79. The minimum atomic E-state index is -0.946. The second-order valence-electron chi connectivity index (χ2n) is 4.93. The first-order valence-electron chi connectivity index (χ1n) is 6.42. The van der Waals surface area contributed by atoms with Crippen LogP contribution < -0.4 is 0 Å². The number of hydrogen-bond donors (Lipinski definition) is 1. The summed E-state index contributed by atoms with van der Waals surface area (Å²) < 4.78 is 26.8. The highest BCUT2D eigenvalue weighted by molar-refractivity contribution is 5.79. The number of nitrogens with zero attached hydrogens (tertiary/aromatic N) is 1. The standard InChI is InChI=1S/C14H17F2NO2/c1-2-14(13(18)19)7-4-8-17(14)9-10-5-3-6-11(15)12(10)16/h3,5-6H,2,4,7-9H2,1H3,(H,18,19). The van der Waals surface area contributed by atoms with Crippen LogP contribution in [-0.4, -0.2) is 28.1 Å². The molecule has 2 rings (SSSR count). The molecular weight excluding hydrogens is 252 g/mol. The lowest BCUT2D eigenvalue weighted by Gasteiger charge is -2.34. The number of benzene rings is 1. The fraction of sp³-hybridized carbons (Fsp3) is 0.500. The van der Waals surface area contributed by atoms with Crippen LogP contribution in [0.1, 0.15) is 31.7 Å². The van der Waals surface area contributed by atoms with Gasteiger partial charge in [-0.3, -0.25) is 9.69 Å². The summed E-state index contributed by atoms with van der Waals surface area (Å²) in [5.41, 5.74) is -0.736. The van der Waals surface area contributed by atoms with Gasteiger partial charge in [0.15, 0.2) is 11.6 Å². The van der Waals surface area contributed by atoms with E-state index in [0.29, 0.717) is 19.4 Å². The molecule has 104 valence electrons. The van der Waals surface area contributed by atoms with Crippen LogP contribution in [0, 0.1) is 11.6 Å². The second-order valence-corrected chi connectivity index (χ2v) is 4.93. The van der Waals surface area contributed by atoms with E-state index in [-0.39, 0.29) is 12.1 Å². The van der Waals surface area contributed by atoms with E-state index in [9.17, 15) is 18.7 Å². The van der Waals surface area contributed by atoms with Gasteiger partial charge in [-0.1, -0.05) is 19.1 Å². The highest BCUT2D eigenvalue weighted by Gasteiger charge is 2.46. The summed E-state index contributed by atoms with van der Waals surface area (Å²) in [5, 5.41) is 9.43. The molecule has 3 nitrogen and oxygen atoms in total. The van der Waals surface area contributed by atoms with Gasteiger partial charge in [0.2, 0.25) is 0 Å². The number of hydrogen-bond acceptors (Lipinski definition) is 2. The first-order chi connectivity index (χ1) is 9.01. The molecule has 0 saturated carbocycles. The number of carboxylic acid groups (broad SMARTS) is 1. The lowest BCUT2D eigenvalue weighted by atomic mass is 9.92. The molecule has 0 bridgehead atoms. The lowest BCUT2D eigenvalue weighted by molar-refractivity contribution is -0.150. The Kier molecular flexibility index (Phi) is 3.85. The maximum absolute atomic E-state index is 13.7.